The first kappa shape index (κ1) is 12.1. The van der Waals surface area contributed by atoms with Gasteiger partial charge < -0.3 is 15.0 Å². The van der Waals surface area contributed by atoms with Gasteiger partial charge in [0.25, 0.3) is 0 Å². The monoisotopic (exact) mass is 236 g/mol. The van der Waals surface area contributed by atoms with E-state index < -0.39 is 0 Å². The molecule has 0 spiro atoms. The van der Waals surface area contributed by atoms with Crippen LogP contribution in [0.3, 0.4) is 0 Å². The van der Waals surface area contributed by atoms with E-state index in [1.54, 1.807) is 13.3 Å². The SMILES string of the molecule is CCNc1cncc(N2CCC(OC)CC2)n1. The average Bonchev–Trinajstić information content (AvgIpc) is 2.40. The maximum absolute atomic E-state index is 5.36. The van der Waals surface area contributed by atoms with Gasteiger partial charge in [-0.05, 0) is 19.8 Å². The smallest absolute Gasteiger partial charge is 0.149 e. The lowest BCUT2D eigenvalue weighted by Crippen LogP contribution is -2.37. The molecular formula is C12H20N4O. The minimum absolute atomic E-state index is 0.399. The number of rotatable bonds is 4. The maximum atomic E-state index is 5.36. The van der Waals surface area contributed by atoms with E-state index >= 15 is 0 Å². The molecular weight excluding hydrogens is 216 g/mol. The lowest BCUT2D eigenvalue weighted by molar-refractivity contribution is 0.0818. The predicted octanol–water partition coefficient (Wildman–Crippen LogP) is 1.52. The molecule has 1 fully saturated rings. The number of methoxy groups -OCH3 is 1. The van der Waals surface area contributed by atoms with E-state index in [4.69, 9.17) is 4.74 Å². The molecule has 0 saturated carbocycles. The molecule has 1 N–H and O–H groups in total. The first-order valence-electron chi connectivity index (χ1n) is 6.17. The second-order valence-electron chi connectivity index (χ2n) is 4.21. The topological polar surface area (TPSA) is 50.3 Å². The zero-order valence-corrected chi connectivity index (χ0v) is 10.5. The van der Waals surface area contributed by atoms with Crippen LogP contribution in [0.4, 0.5) is 11.6 Å². The summed E-state index contributed by atoms with van der Waals surface area (Å²) in [5.41, 5.74) is 0. The van der Waals surface area contributed by atoms with Crippen molar-refractivity contribution in [3.8, 4) is 0 Å². The molecule has 1 aromatic heterocycles. The first-order valence-corrected chi connectivity index (χ1v) is 6.17. The Hall–Kier alpha value is -1.36. The zero-order valence-electron chi connectivity index (χ0n) is 10.5. The number of hydrogen-bond acceptors (Lipinski definition) is 5. The van der Waals surface area contributed by atoms with Crippen molar-refractivity contribution in [2.75, 3.05) is 37.0 Å². The van der Waals surface area contributed by atoms with Crippen LogP contribution in [0.1, 0.15) is 19.8 Å². The van der Waals surface area contributed by atoms with E-state index in [1.807, 2.05) is 6.20 Å². The molecule has 0 unspecified atom stereocenters. The summed E-state index contributed by atoms with van der Waals surface area (Å²) in [5.74, 6) is 1.80. The third-order valence-corrected chi connectivity index (χ3v) is 3.08. The number of aromatic nitrogens is 2. The zero-order chi connectivity index (χ0) is 12.1. The highest BCUT2D eigenvalue weighted by Crippen LogP contribution is 2.19. The average molecular weight is 236 g/mol. The molecule has 0 aliphatic carbocycles. The Kier molecular flexibility index (Phi) is 4.14. The fourth-order valence-corrected chi connectivity index (χ4v) is 2.09. The molecule has 0 bridgehead atoms. The Labute approximate surface area is 102 Å². The van der Waals surface area contributed by atoms with Crippen molar-refractivity contribution in [3.63, 3.8) is 0 Å². The highest BCUT2D eigenvalue weighted by molar-refractivity contribution is 5.44. The van der Waals surface area contributed by atoms with E-state index in [2.05, 4.69) is 27.1 Å². The van der Waals surface area contributed by atoms with Gasteiger partial charge >= 0.3 is 0 Å². The molecule has 0 radical (unpaired) electrons. The molecule has 0 atom stereocenters. The Morgan fingerprint density at radius 3 is 2.82 bits per heavy atom. The quantitative estimate of drug-likeness (QED) is 0.859. The minimum Gasteiger partial charge on any atom is -0.381 e. The summed E-state index contributed by atoms with van der Waals surface area (Å²) in [6.07, 6.45) is 6.10. The van der Waals surface area contributed by atoms with Gasteiger partial charge in [-0.3, -0.25) is 4.98 Å². The largest absolute Gasteiger partial charge is 0.381 e. The summed E-state index contributed by atoms with van der Waals surface area (Å²) in [6, 6.07) is 0. The van der Waals surface area contributed by atoms with Crippen LogP contribution in [0.2, 0.25) is 0 Å². The standard InChI is InChI=1S/C12H20N4O/c1-3-14-11-8-13-9-12(15-11)16-6-4-10(17-2)5-7-16/h8-10H,3-7H2,1-2H3,(H,14,15). The summed E-state index contributed by atoms with van der Waals surface area (Å²) in [4.78, 5) is 11.0. The van der Waals surface area contributed by atoms with Crippen LogP contribution in [-0.4, -0.2) is 42.8 Å². The van der Waals surface area contributed by atoms with Gasteiger partial charge in [-0.2, -0.15) is 0 Å². The third-order valence-electron chi connectivity index (χ3n) is 3.08. The molecule has 1 aliphatic heterocycles. The van der Waals surface area contributed by atoms with Crippen LogP contribution >= 0.6 is 0 Å². The fraction of sp³-hybridized carbons (Fsp3) is 0.667. The van der Waals surface area contributed by atoms with Crippen molar-refractivity contribution in [1.29, 1.82) is 0 Å². The Balaban J connectivity index is 2.00. The Morgan fingerprint density at radius 2 is 2.18 bits per heavy atom. The molecule has 2 rings (SSSR count). The van der Waals surface area contributed by atoms with Gasteiger partial charge in [0.05, 0.1) is 18.5 Å². The van der Waals surface area contributed by atoms with E-state index in [0.29, 0.717) is 6.10 Å². The summed E-state index contributed by atoms with van der Waals surface area (Å²) in [6.45, 7) is 4.90. The van der Waals surface area contributed by atoms with Crippen LogP contribution in [-0.2, 0) is 4.74 Å². The molecule has 0 amide bonds. The van der Waals surface area contributed by atoms with Crippen molar-refractivity contribution in [2.24, 2.45) is 0 Å². The molecule has 94 valence electrons. The number of hydrogen-bond donors (Lipinski definition) is 1. The van der Waals surface area contributed by atoms with E-state index in [1.165, 1.54) is 0 Å². The number of nitrogens with one attached hydrogen (secondary N) is 1. The highest BCUT2D eigenvalue weighted by atomic mass is 16.5. The fourth-order valence-electron chi connectivity index (χ4n) is 2.09. The van der Waals surface area contributed by atoms with Gasteiger partial charge in [0.15, 0.2) is 0 Å². The van der Waals surface area contributed by atoms with Crippen molar-refractivity contribution in [2.45, 2.75) is 25.9 Å². The normalized spacial score (nSPS) is 17.2. The molecule has 0 aromatic carbocycles. The molecule has 5 nitrogen and oxygen atoms in total. The number of piperidine rings is 1. The second kappa shape index (κ2) is 5.82. The van der Waals surface area contributed by atoms with Crippen molar-refractivity contribution in [3.05, 3.63) is 12.4 Å². The lowest BCUT2D eigenvalue weighted by atomic mass is 10.1. The predicted molar refractivity (Wildman–Crippen MR) is 68.4 cm³/mol. The third kappa shape index (κ3) is 3.06. The van der Waals surface area contributed by atoms with Crippen molar-refractivity contribution < 1.29 is 4.74 Å². The minimum atomic E-state index is 0.399. The van der Waals surface area contributed by atoms with Crippen molar-refractivity contribution in [1.82, 2.24) is 9.97 Å². The van der Waals surface area contributed by atoms with E-state index in [-0.39, 0.29) is 0 Å². The summed E-state index contributed by atoms with van der Waals surface area (Å²) < 4.78 is 5.36. The highest BCUT2D eigenvalue weighted by Gasteiger charge is 2.19. The van der Waals surface area contributed by atoms with Crippen LogP contribution in [0.15, 0.2) is 12.4 Å². The summed E-state index contributed by atoms with van der Waals surface area (Å²) in [7, 11) is 1.78. The summed E-state index contributed by atoms with van der Waals surface area (Å²) in [5, 5.41) is 3.18. The van der Waals surface area contributed by atoms with Gasteiger partial charge in [0.1, 0.15) is 11.6 Å². The first-order chi connectivity index (χ1) is 8.33. The number of ether oxygens (including phenoxy) is 1. The second-order valence-corrected chi connectivity index (χ2v) is 4.21. The molecule has 1 aromatic rings. The Morgan fingerprint density at radius 1 is 1.41 bits per heavy atom. The molecule has 5 heteroatoms. The van der Waals surface area contributed by atoms with E-state index in [0.717, 1.165) is 44.1 Å². The van der Waals surface area contributed by atoms with Gasteiger partial charge in [0, 0.05) is 26.7 Å². The molecule has 1 saturated heterocycles. The summed E-state index contributed by atoms with van der Waals surface area (Å²) >= 11 is 0. The van der Waals surface area contributed by atoms with Crippen LogP contribution in [0.25, 0.3) is 0 Å². The van der Waals surface area contributed by atoms with E-state index in [9.17, 15) is 0 Å². The Bertz CT molecular complexity index is 350. The maximum Gasteiger partial charge on any atom is 0.149 e. The van der Waals surface area contributed by atoms with Gasteiger partial charge in [-0.15, -0.1) is 0 Å². The van der Waals surface area contributed by atoms with Gasteiger partial charge in [-0.1, -0.05) is 0 Å². The lowest BCUT2D eigenvalue weighted by Gasteiger charge is -2.31. The van der Waals surface area contributed by atoms with Crippen LogP contribution < -0.4 is 10.2 Å². The number of anilines is 2. The number of nitrogens with zero attached hydrogens (tertiary/aromatic N) is 3. The molecule has 1 aliphatic rings. The van der Waals surface area contributed by atoms with Gasteiger partial charge in [-0.25, -0.2) is 4.98 Å². The van der Waals surface area contributed by atoms with Crippen LogP contribution in [0, 0.1) is 0 Å². The van der Waals surface area contributed by atoms with Crippen molar-refractivity contribution >= 4 is 11.6 Å². The van der Waals surface area contributed by atoms with Gasteiger partial charge in [0.2, 0.25) is 0 Å². The molecule has 17 heavy (non-hydrogen) atoms. The molecule has 2 heterocycles. The van der Waals surface area contributed by atoms with Crippen LogP contribution in [0.5, 0.6) is 0 Å².